The fourth-order valence-electron chi connectivity index (χ4n) is 2.75. The third-order valence-corrected chi connectivity index (χ3v) is 3.84. The van der Waals surface area contributed by atoms with E-state index in [0.29, 0.717) is 0 Å². The number of ether oxygens (including phenoxy) is 1. The molecule has 0 atom stereocenters. The van der Waals surface area contributed by atoms with Crippen LogP contribution in [0.15, 0.2) is 36.8 Å². The number of aryl methyl sites for hydroxylation is 1. The summed E-state index contributed by atoms with van der Waals surface area (Å²) in [6.07, 6.45) is 5.62. The Morgan fingerprint density at radius 1 is 1.18 bits per heavy atom. The molecule has 4 rings (SSSR count). The maximum Gasteiger partial charge on any atom is 0.236 e. The van der Waals surface area contributed by atoms with Crippen molar-refractivity contribution in [2.75, 3.05) is 31.2 Å². The largest absolute Gasteiger partial charge is 0.378 e. The molecule has 0 radical (unpaired) electrons. The fourth-order valence-corrected chi connectivity index (χ4v) is 2.75. The molecule has 6 nitrogen and oxygen atoms in total. The minimum Gasteiger partial charge on any atom is -0.378 e. The van der Waals surface area contributed by atoms with E-state index in [2.05, 4.69) is 30.3 Å². The number of imidazole rings is 1. The van der Waals surface area contributed by atoms with E-state index in [0.717, 1.165) is 54.9 Å². The maximum absolute atomic E-state index is 5.45. The highest BCUT2D eigenvalue weighted by Gasteiger charge is 2.17. The highest BCUT2D eigenvalue weighted by molar-refractivity contribution is 5.62. The summed E-state index contributed by atoms with van der Waals surface area (Å²) < 4.78 is 7.50. The first-order chi connectivity index (χ1) is 10.8. The van der Waals surface area contributed by atoms with Crippen molar-refractivity contribution in [3.05, 3.63) is 42.5 Å². The van der Waals surface area contributed by atoms with Gasteiger partial charge in [-0.25, -0.2) is 9.97 Å². The van der Waals surface area contributed by atoms with Crippen LogP contribution in [0.5, 0.6) is 0 Å². The Morgan fingerprint density at radius 2 is 2.05 bits per heavy atom. The summed E-state index contributed by atoms with van der Waals surface area (Å²) >= 11 is 0. The van der Waals surface area contributed by atoms with Crippen molar-refractivity contribution in [1.82, 2.24) is 19.4 Å². The zero-order chi connectivity index (χ0) is 14.9. The van der Waals surface area contributed by atoms with Crippen molar-refractivity contribution in [1.29, 1.82) is 0 Å². The van der Waals surface area contributed by atoms with Gasteiger partial charge in [-0.3, -0.25) is 9.38 Å². The molecule has 0 unspecified atom stereocenters. The molecule has 4 heterocycles. The molecule has 0 amide bonds. The molecule has 6 heteroatoms. The lowest BCUT2D eigenvalue weighted by molar-refractivity contribution is 0.122. The molecular formula is C16H17N5O. The highest BCUT2D eigenvalue weighted by atomic mass is 16.5. The Hall–Kier alpha value is -2.47. The van der Waals surface area contributed by atoms with E-state index in [1.807, 2.05) is 31.5 Å². The highest BCUT2D eigenvalue weighted by Crippen LogP contribution is 2.23. The van der Waals surface area contributed by atoms with E-state index in [4.69, 9.17) is 4.74 Å². The Morgan fingerprint density at radius 3 is 2.82 bits per heavy atom. The minimum absolute atomic E-state index is 0.723. The summed E-state index contributed by atoms with van der Waals surface area (Å²) in [7, 11) is 0. The Labute approximate surface area is 128 Å². The predicted molar refractivity (Wildman–Crippen MR) is 84.0 cm³/mol. The van der Waals surface area contributed by atoms with Gasteiger partial charge in [-0.2, -0.15) is 0 Å². The number of pyridine rings is 1. The van der Waals surface area contributed by atoms with Gasteiger partial charge in [0.05, 0.1) is 18.9 Å². The standard InChI is InChI=1S/C16H17N5O/c1-12-9-15(20-5-7-22-8-6-20)21-11-14(19-16(21)18-12)13-3-2-4-17-10-13/h2-4,9-11H,5-8H2,1H3. The molecule has 0 N–H and O–H groups in total. The van der Waals surface area contributed by atoms with Crippen LogP contribution >= 0.6 is 0 Å². The molecule has 0 bridgehead atoms. The van der Waals surface area contributed by atoms with Crippen molar-refractivity contribution in [3.63, 3.8) is 0 Å². The average molecular weight is 295 g/mol. The van der Waals surface area contributed by atoms with Crippen molar-refractivity contribution in [2.24, 2.45) is 0 Å². The summed E-state index contributed by atoms with van der Waals surface area (Å²) in [5.74, 6) is 1.84. The van der Waals surface area contributed by atoms with E-state index < -0.39 is 0 Å². The van der Waals surface area contributed by atoms with Gasteiger partial charge in [0.2, 0.25) is 5.78 Å². The number of fused-ring (bicyclic) bond motifs is 1. The lowest BCUT2D eigenvalue weighted by Gasteiger charge is -2.29. The normalized spacial score (nSPS) is 15.4. The van der Waals surface area contributed by atoms with Gasteiger partial charge in [0, 0.05) is 49.0 Å². The molecule has 3 aromatic heterocycles. The quantitative estimate of drug-likeness (QED) is 0.723. The number of hydrogen-bond donors (Lipinski definition) is 0. The van der Waals surface area contributed by atoms with Crippen molar-refractivity contribution in [2.45, 2.75) is 6.92 Å². The van der Waals surface area contributed by atoms with E-state index >= 15 is 0 Å². The molecule has 0 aromatic carbocycles. The van der Waals surface area contributed by atoms with Gasteiger partial charge in [-0.15, -0.1) is 0 Å². The van der Waals surface area contributed by atoms with Gasteiger partial charge in [0.25, 0.3) is 0 Å². The van der Waals surface area contributed by atoms with Crippen LogP contribution in [0.3, 0.4) is 0 Å². The van der Waals surface area contributed by atoms with Crippen LogP contribution in [0.25, 0.3) is 17.0 Å². The van der Waals surface area contributed by atoms with Gasteiger partial charge < -0.3 is 9.64 Å². The van der Waals surface area contributed by atoms with Gasteiger partial charge in [-0.1, -0.05) is 0 Å². The van der Waals surface area contributed by atoms with E-state index in [9.17, 15) is 0 Å². The molecule has 1 aliphatic rings. The lowest BCUT2D eigenvalue weighted by Crippen LogP contribution is -2.37. The average Bonchev–Trinajstić information content (AvgIpc) is 2.99. The summed E-state index contributed by atoms with van der Waals surface area (Å²) in [6.45, 7) is 5.29. The van der Waals surface area contributed by atoms with Crippen LogP contribution in [0.1, 0.15) is 5.69 Å². The molecule has 1 fully saturated rings. The number of anilines is 1. The molecule has 1 aliphatic heterocycles. The topological polar surface area (TPSA) is 55.6 Å². The SMILES string of the molecule is Cc1cc(N2CCOCC2)n2cc(-c3cccnc3)nc2n1. The molecule has 1 saturated heterocycles. The second-order valence-electron chi connectivity index (χ2n) is 5.39. The van der Waals surface area contributed by atoms with Crippen LogP contribution in [-0.2, 0) is 4.74 Å². The Kier molecular flexibility index (Phi) is 3.23. The Bertz CT molecular complexity index is 793. The van der Waals surface area contributed by atoms with Gasteiger partial charge in [-0.05, 0) is 19.1 Å². The van der Waals surface area contributed by atoms with E-state index in [-0.39, 0.29) is 0 Å². The second-order valence-corrected chi connectivity index (χ2v) is 5.39. The molecule has 22 heavy (non-hydrogen) atoms. The molecule has 0 aliphatic carbocycles. The second kappa shape index (κ2) is 5.38. The van der Waals surface area contributed by atoms with Gasteiger partial charge >= 0.3 is 0 Å². The maximum atomic E-state index is 5.45. The first kappa shape index (κ1) is 13.2. The molecule has 112 valence electrons. The number of nitrogens with zero attached hydrogens (tertiary/aromatic N) is 5. The summed E-state index contributed by atoms with van der Waals surface area (Å²) in [5.41, 5.74) is 2.86. The molecule has 0 saturated carbocycles. The van der Waals surface area contributed by atoms with Crippen LogP contribution < -0.4 is 4.90 Å². The zero-order valence-electron chi connectivity index (χ0n) is 12.4. The summed E-state index contributed by atoms with van der Waals surface area (Å²) in [6, 6.07) is 6.03. The molecule has 0 spiro atoms. The number of hydrogen-bond acceptors (Lipinski definition) is 5. The van der Waals surface area contributed by atoms with Gasteiger partial charge in [0.15, 0.2) is 0 Å². The van der Waals surface area contributed by atoms with Crippen LogP contribution in [0.2, 0.25) is 0 Å². The number of rotatable bonds is 2. The molecule has 3 aromatic rings. The first-order valence-electron chi connectivity index (χ1n) is 7.41. The zero-order valence-corrected chi connectivity index (χ0v) is 12.4. The third-order valence-electron chi connectivity index (χ3n) is 3.84. The third kappa shape index (κ3) is 2.31. The van der Waals surface area contributed by atoms with E-state index in [1.165, 1.54) is 0 Å². The van der Waals surface area contributed by atoms with Crippen LogP contribution in [0, 0.1) is 6.92 Å². The van der Waals surface area contributed by atoms with Crippen LogP contribution in [0.4, 0.5) is 5.82 Å². The monoisotopic (exact) mass is 295 g/mol. The summed E-state index contributed by atoms with van der Waals surface area (Å²) in [4.78, 5) is 15.7. The van der Waals surface area contributed by atoms with Crippen molar-refractivity contribution in [3.8, 4) is 11.3 Å². The first-order valence-corrected chi connectivity index (χ1v) is 7.41. The number of aromatic nitrogens is 4. The van der Waals surface area contributed by atoms with Crippen molar-refractivity contribution < 1.29 is 4.74 Å². The minimum atomic E-state index is 0.723. The number of morpholine rings is 1. The van der Waals surface area contributed by atoms with Gasteiger partial charge in [0.1, 0.15) is 5.82 Å². The molecular weight excluding hydrogens is 278 g/mol. The fraction of sp³-hybridized carbons (Fsp3) is 0.312. The summed E-state index contributed by atoms with van der Waals surface area (Å²) in [5, 5.41) is 0. The van der Waals surface area contributed by atoms with Crippen LogP contribution in [-0.4, -0.2) is 45.7 Å². The van der Waals surface area contributed by atoms with E-state index in [1.54, 1.807) is 6.20 Å². The predicted octanol–water partition coefficient (Wildman–Crippen LogP) is 1.94. The smallest absolute Gasteiger partial charge is 0.236 e. The lowest BCUT2D eigenvalue weighted by atomic mass is 10.2. The van der Waals surface area contributed by atoms with Crippen molar-refractivity contribution >= 4 is 11.6 Å². The Balaban J connectivity index is 1.84.